The van der Waals surface area contributed by atoms with Crippen molar-refractivity contribution in [2.75, 3.05) is 13.7 Å². The molecule has 1 heterocycles. The zero-order valence-electron chi connectivity index (χ0n) is 16.0. The molecule has 0 spiro atoms. The minimum absolute atomic E-state index is 0.107. The van der Waals surface area contributed by atoms with E-state index < -0.39 is 29.9 Å². The third kappa shape index (κ3) is 4.91. The van der Waals surface area contributed by atoms with Gasteiger partial charge in [0.1, 0.15) is 11.8 Å². The molecule has 3 N–H and O–H groups in total. The highest BCUT2D eigenvalue weighted by atomic mass is 16.5. The maximum Gasteiger partial charge on any atom is 0.325 e. The van der Waals surface area contributed by atoms with Crippen LogP contribution in [0.4, 0.5) is 4.79 Å². The fraction of sp³-hybridized carbons (Fsp3) is 0.286. The van der Waals surface area contributed by atoms with Gasteiger partial charge in [-0.3, -0.25) is 14.5 Å². The van der Waals surface area contributed by atoms with E-state index in [4.69, 9.17) is 4.74 Å². The van der Waals surface area contributed by atoms with Gasteiger partial charge in [-0.25, -0.2) is 4.79 Å². The fourth-order valence-electron chi connectivity index (χ4n) is 3.14. The Morgan fingerprint density at radius 3 is 2.48 bits per heavy atom. The monoisotopic (exact) mass is 397 g/mol. The SMILES string of the molecule is COc1ccc(CN2C(=O)N[C@@H](CC(=O)N[C@@H](CO)c3ccccc3)C2=O)cc1. The quantitative estimate of drug-likeness (QED) is 0.583. The number of urea groups is 1. The molecule has 4 amide bonds. The molecule has 0 bridgehead atoms. The highest BCUT2D eigenvalue weighted by Crippen LogP contribution is 2.18. The number of ether oxygens (including phenoxy) is 1. The van der Waals surface area contributed by atoms with E-state index in [9.17, 15) is 19.5 Å². The summed E-state index contributed by atoms with van der Waals surface area (Å²) < 4.78 is 5.09. The van der Waals surface area contributed by atoms with Gasteiger partial charge in [0.15, 0.2) is 0 Å². The third-order valence-corrected chi connectivity index (χ3v) is 4.72. The van der Waals surface area contributed by atoms with E-state index in [1.165, 1.54) is 0 Å². The zero-order valence-corrected chi connectivity index (χ0v) is 16.0. The lowest BCUT2D eigenvalue weighted by atomic mass is 10.1. The summed E-state index contributed by atoms with van der Waals surface area (Å²) in [7, 11) is 1.56. The number of hydrogen-bond donors (Lipinski definition) is 3. The Kier molecular flexibility index (Phi) is 6.46. The Bertz CT molecular complexity index is 870. The first kappa shape index (κ1) is 20.3. The molecule has 1 fully saturated rings. The first-order valence-corrected chi connectivity index (χ1v) is 9.21. The largest absolute Gasteiger partial charge is 0.497 e. The molecule has 3 rings (SSSR count). The van der Waals surface area contributed by atoms with Crippen LogP contribution in [0.1, 0.15) is 23.6 Å². The summed E-state index contributed by atoms with van der Waals surface area (Å²) in [6.07, 6.45) is -0.201. The predicted octanol–water partition coefficient (Wildman–Crippen LogP) is 1.36. The van der Waals surface area contributed by atoms with Crippen molar-refractivity contribution in [2.24, 2.45) is 0 Å². The van der Waals surface area contributed by atoms with Gasteiger partial charge in [-0.1, -0.05) is 42.5 Å². The summed E-state index contributed by atoms with van der Waals surface area (Å²) in [5.41, 5.74) is 1.52. The zero-order chi connectivity index (χ0) is 20.8. The highest BCUT2D eigenvalue weighted by molar-refractivity contribution is 6.05. The lowest BCUT2D eigenvalue weighted by molar-refractivity contribution is -0.131. The lowest BCUT2D eigenvalue weighted by Gasteiger charge is -2.18. The Balaban J connectivity index is 1.59. The van der Waals surface area contributed by atoms with Gasteiger partial charge in [-0.05, 0) is 23.3 Å². The number of benzene rings is 2. The summed E-state index contributed by atoms with van der Waals surface area (Å²) in [5, 5.41) is 14.8. The van der Waals surface area contributed by atoms with E-state index in [1.54, 1.807) is 43.5 Å². The molecule has 29 heavy (non-hydrogen) atoms. The third-order valence-electron chi connectivity index (χ3n) is 4.72. The number of aliphatic hydroxyl groups is 1. The smallest absolute Gasteiger partial charge is 0.325 e. The van der Waals surface area contributed by atoms with Gasteiger partial charge in [0.05, 0.1) is 32.7 Å². The number of imide groups is 1. The molecule has 0 aromatic heterocycles. The molecule has 8 heteroatoms. The Hall–Kier alpha value is -3.39. The summed E-state index contributed by atoms with van der Waals surface area (Å²) >= 11 is 0. The molecule has 0 radical (unpaired) electrons. The van der Waals surface area contributed by atoms with Gasteiger partial charge in [0.25, 0.3) is 5.91 Å². The fourth-order valence-corrected chi connectivity index (χ4v) is 3.14. The molecule has 0 saturated carbocycles. The number of amides is 4. The van der Waals surface area contributed by atoms with Crippen LogP contribution in [0.3, 0.4) is 0 Å². The average molecular weight is 397 g/mol. The van der Waals surface area contributed by atoms with Gasteiger partial charge in [0, 0.05) is 0 Å². The Morgan fingerprint density at radius 1 is 1.17 bits per heavy atom. The average Bonchev–Trinajstić information content (AvgIpc) is 3.00. The first-order chi connectivity index (χ1) is 14.0. The van der Waals surface area contributed by atoms with Crippen molar-refractivity contribution in [1.29, 1.82) is 0 Å². The van der Waals surface area contributed by atoms with E-state index in [0.717, 1.165) is 16.0 Å². The van der Waals surface area contributed by atoms with Crippen molar-refractivity contribution in [2.45, 2.75) is 25.0 Å². The first-order valence-electron chi connectivity index (χ1n) is 9.21. The summed E-state index contributed by atoms with van der Waals surface area (Å²) in [6, 6.07) is 14.0. The van der Waals surface area contributed by atoms with Crippen molar-refractivity contribution in [3.63, 3.8) is 0 Å². The number of aliphatic hydroxyl groups excluding tert-OH is 1. The number of nitrogens with zero attached hydrogens (tertiary/aromatic N) is 1. The molecule has 0 aliphatic carbocycles. The predicted molar refractivity (Wildman–Crippen MR) is 105 cm³/mol. The number of rotatable bonds is 8. The van der Waals surface area contributed by atoms with Crippen molar-refractivity contribution in [3.05, 3.63) is 65.7 Å². The van der Waals surface area contributed by atoms with E-state index in [1.807, 2.05) is 18.2 Å². The molecule has 1 aliphatic heterocycles. The molecule has 2 aromatic rings. The van der Waals surface area contributed by atoms with Gasteiger partial charge in [-0.2, -0.15) is 0 Å². The van der Waals surface area contributed by atoms with Crippen molar-refractivity contribution in [3.8, 4) is 5.75 Å². The lowest BCUT2D eigenvalue weighted by Crippen LogP contribution is -2.38. The number of nitrogens with one attached hydrogen (secondary N) is 2. The van der Waals surface area contributed by atoms with Crippen molar-refractivity contribution >= 4 is 17.8 Å². The molecule has 2 atom stereocenters. The Morgan fingerprint density at radius 2 is 1.86 bits per heavy atom. The van der Waals surface area contributed by atoms with Crippen LogP contribution in [0, 0.1) is 0 Å². The highest BCUT2D eigenvalue weighted by Gasteiger charge is 2.39. The van der Waals surface area contributed by atoms with Crippen LogP contribution in [0.25, 0.3) is 0 Å². The van der Waals surface area contributed by atoms with Crippen LogP contribution < -0.4 is 15.4 Å². The minimum Gasteiger partial charge on any atom is -0.497 e. The summed E-state index contributed by atoms with van der Waals surface area (Å²) in [4.78, 5) is 38.2. The standard InChI is InChI=1S/C21H23N3O5/c1-29-16-9-7-14(8-10-16)12-24-20(27)17(23-21(24)28)11-19(26)22-18(13-25)15-5-3-2-4-6-15/h2-10,17-18,25H,11-13H2,1H3,(H,22,26)(H,23,28)/t17-,18-/m0/s1. The number of methoxy groups -OCH3 is 1. The minimum atomic E-state index is -0.934. The second-order valence-electron chi connectivity index (χ2n) is 6.69. The van der Waals surface area contributed by atoms with Gasteiger partial charge in [-0.15, -0.1) is 0 Å². The van der Waals surface area contributed by atoms with E-state index in [2.05, 4.69) is 10.6 Å². The topological polar surface area (TPSA) is 108 Å². The van der Waals surface area contributed by atoms with Gasteiger partial charge in [0.2, 0.25) is 5.91 Å². The van der Waals surface area contributed by atoms with Crippen LogP contribution in [-0.2, 0) is 16.1 Å². The molecule has 1 aliphatic rings. The molecule has 152 valence electrons. The van der Waals surface area contributed by atoms with E-state index in [0.29, 0.717) is 5.75 Å². The summed E-state index contributed by atoms with van der Waals surface area (Å²) in [6.45, 7) is -0.166. The molecule has 2 aromatic carbocycles. The molecule has 1 saturated heterocycles. The second-order valence-corrected chi connectivity index (χ2v) is 6.69. The number of carbonyl (C=O) groups excluding carboxylic acids is 3. The van der Waals surface area contributed by atoms with Gasteiger partial charge < -0.3 is 20.5 Å². The van der Waals surface area contributed by atoms with Crippen molar-refractivity contribution in [1.82, 2.24) is 15.5 Å². The maximum absolute atomic E-state index is 12.6. The van der Waals surface area contributed by atoms with Crippen LogP contribution >= 0.6 is 0 Å². The molecule has 8 nitrogen and oxygen atoms in total. The molecule has 0 unspecified atom stereocenters. The number of carbonyl (C=O) groups is 3. The van der Waals surface area contributed by atoms with E-state index in [-0.39, 0.29) is 19.6 Å². The van der Waals surface area contributed by atoms with Gasteiger partial charge >= 0.3 is 6.03 Å². The van der Waals surface area contributed by atoms with Crippen LogP contribution in [0.5, 0.6) is 5.75 Å². The van der Waals surface area contributed by atoms with Crippen LogP contribution in [-0.4, -0.2) is 47.6 Å². The molecular weight excluding hydrogens is 374 g/mol. The normalized spacial score (nSPS) is 17.0. The second kappa shape index (κ2) is 9.20. The van der Waals surface area contributed by atoms with Crippen LogP contribution in [0.15, 0.2) is 54.6 Å². The van der Waals surface area contributed by atoms with Crippen molar-refractivity contribution < 1.29 is 24.2 Å². The maximum atomic E-state index is 12.6. The number of hydrogen-bond acceptors (Lipinski definition) is 5. The van der Waals surface area contributed by atoms with E-state index >= 15 is 0 Å². The molecular formula is C21H23N3O5. The summed E-state index contributed by atoms with van der Waals surface area (Å²) in [5.74, 6) is -0.212. The van der Waals surface area contributed by atoms with Crippen LogP contribution in [0.2, 0.25) is 0 Å². The Labute approximate surface area is 168 Å².